The van der Waals surface area contributed by atoms with Crippen LogP contribution in [0.1, 0.15) is 35.2 Å². The Balaban J connectivity index is 1.38. The zero-order valence-corrected chi connectivity index (χ0v) is 22.7. The van der Waals surface area contributed by atoms with Gasteiger partial charge in [-0.15, -0.1) is 0 Å². The number of piperidine rings is 1. The van der Waals surface area contributed by atoms with E-state index in [1.807, 2.05) is 12.3 Å². The highest BCUT2D eigenvalue weighted by Gasteiger charge is 2.34. The fraction of sp³-hybridized carbons (Fsp3) is 0.379. The maximum absolute atomic E-state index is 14.5. The number of hydrogen-bond acceptors (Lipinski definition) is 7. The SMILES string of the molecule is COc1ccc2cc1OCC(=O)NCc1cc(F)cc(c1)O[C@@H]1CCN(C(=O)CCCn3cccn3)C[C@@H]1NC2=O. The van der Waals surface area contributed by atoms with Gasteiger partial charge in [0.25, 0.3) is 11.8 Å². The molecule has 2 N–H and O–H groups in total. The van der Waals surface area contributed by atoms with Crippen LogP contribution >= 0.6 is 0 Å². The van der Waals surface area contributed by atoms with Crippen LogP contribution in [0.5, 0.6) is 17.2 Å². The average molecular weight is 566 g/mol. The predicted octanol–water partition coefficient (Wildman–Crippen LogP) is 2.30. The quantitative estimate of drug-likeness (QED) is 0.487. The summed E-state index contributed by atoms with van der Waals surface area (Å²) < 4.78 is 33.4. The number of methoxy groups -OCH3 is 1. The molecule has 4 bridgehead atoms. The van der Waals surface area contributed by atoms with Gasteiger partial charge in [0.1, 0.15) is 17.7 Å². The van der Waals surface area contributed by atoms with Crippen LogP contribution in [0, 0.1) is 5.82 Å². The number of nitrogens with one attached hydrogen (secondary N) is 2. The van der Waals surface area contributed by atoms with E-state index in [-0.39, 0.29) is 42.7 Å². The molecule has 2 aliphatic rings. The van der Waals surface area contributed by atoms with Gasteiger partial charge in [-0.3, -0.25) is 19.1 Å². The van der Waals surface area contributed by atoms with E-state index < -0.39 is 29.8 Å². The van der Waals surface area contributed by atoms with E-state index in [1.54, 1.807) is 34.0 Å². The third kappa shape index (κ3) is 7.13. The molecule has 11 nitrogen and oxygen atoms in total. The number of aryl methyl sites for hydroxylation is 1. The lowest BCUT2D eigenvalue weighted by molar-refractivity contribution is -0.133. The van der Waals surface area contributed by atoms with Gasteiger partial charge >= 0.3 is 0 Å². The number of benzene rings is 2. The van der Waals surface area contributed by atoms with Gasteiger partial charge in [0.05, 0.1) is 13.2 Å². The van der Waals surface area contributed by atoms with Gasteiger partial charge in [-0.25, -0.2) is 4.39 Å². The molecular formula is C29H32FN5O6. The summed E-state index contributed by atoms with van der Waals surface area (Å²) in [4.78, 5) is 40.6. The lowest BCUT2D eigenvalue weighted by Gasteiger charge is -2.39. The molecule has 0 spiro atoms. The van der Waals surface area contributed by atoms with Crippen LogP contribution in [0.4, 0.5) is 4.39 Å². The predicted molar refractivity (Wildman–Crippen MR) is 145 cm³/mol. The molecule has 1 fully saturated rings. The van der Waals surface area contributed by atoms with Gasteiger partial charge in [0.2, 0.25) is 5.91 Å². The van der Waals surface area contributed by atoms with E-state index in [1.165, 1.54) is 25.3 Å². The van der Waals surface area contributed by atoms with Crippen molar-refractivity contribution in [2.45, 2.75) is 44.5 Å². The molecular weight excluding hydrogens is 533 g/mol. The van der Waals surface area contributed by atoms with E-state index in [2.05, 4.69) is 15.7 Å². The Hall–Kier alpha value is -4.61. The summed E-state index contributed by atoms with van der Waals surface area (Å²) in [5.41, 5.74) is 0.785. The van der Waals surface area contributed by atoms with E-state index in [9.17, 15) is 18.8 Å². The molecule has 3 aromatic rings. The van der Waals surface area contributed by atoms with E-state index in [4.69, 9.17) is 14.2 Å². The maximum atomic E-state index is 14.5. The van der Waals surface area contributed by atoms with Gasteiger partial charge in [-0.05, 0) is 48.4 Å². The first-order valence-corrected chi connectivity index (χ1v) is 13.5. The minimum atomic E-state index is -0.572. The van der Waals surface area contributed by atoms with Crippen molar-refractivity contribution in [3.8, 4) is 17.2 Å². The Kier molecular flexibility index (Phi) is 8.66. The van der Waals surface area contributed by atoms with Crippen LogP contribution in [0.2, 0.25) is 0 Å². The number of likely N-dealkylation sites (tertiary alicyclic amines) is 1. The maximum Gasteiger partial charge on any atom is 0.258 e. The van der Waals surface area contributed by atoms with Crippen molar-refractivity contribution in [3.05, 3.63) is 71.8 Å². The third-order valence-corrected chi connectivity index (χ3v) is 7.05. The second-order valence-corrected chi connectivity index (χ2v) is 9.96. The summed E-state index contributed by atoms with van der Waals surface area (Å²) in [6, 6.07) is 10.2. The topological polar surface area (TPSA) is 124 Å². The van der Waals surface area contributed by atoms with Crippen molar-refractivity contribution >= 4 is 17.7 Å². The Morgan fingerprint density at radius 1 is 1.22 bits per heavy atom. The fourth-order valence-electron chi connectivity index (χ4n) is 4.96. The first-order valence-electron chi connectivity index (χ1n) is 13.5. The summed E-state index contributed by atoms with van der Waals surface area (Å²) in [5, 5.41) is 9.87. The summed E-state index contributed by atoms with van der Waals surface area (Å²) in [6.45, 7) is 1.02. The summed E-state index contributed by atoms with van der Waals surface area (Å²) in [5.74, 6) is -0.539. The number of carbonyl (C=O) groups is 3. The van der Waals surface area contributed by atoms with Crippen molar-refractivity contribution in [1.82, 2.24) is 25.3 Å². The number of rotatable bonds is 5. The Morgan fingerprint density at radius 3 is 2.90 bits per heavy atom. The summed E-state index contributed by atoms with van der Waals surface area (Å²) in [7, 11) is 1.46. The Labute approximate surface area is 236 Å². The molecule has 1 saturated heterocycles. The van der Waals surface area contributed by atoms with Crippen LogP contribution in [0.25, 0.3) is 0 Å². The zero-order chi connectivity index (χ0) is 28.8. The second-order valence-electron chi connectivity index (χ2n) is 9.96. The summed E-state index contributed by atoms with van der Waals surface area (Å²) >= 11 is 0. The van der Waals surface area contributed by atoms with Crippen LogP contribution < -0.4 is 24.8 Å². The van der Waals surface area contributed by atoms with Gasteiger partial charge in [-0.2, -0.15) is 5.10 Å². The molecule has 2 aromatic carbocycles. The van der Waals surface area contributed by atoms with E-state index in [0.29, 0.717) is 43.7 Å². The molecule has 0 radical (unpaired) electrons. The molecule has 2 atom stereocenters. The fourth-order valence-corrected chi connectivity index (χ4v) is 4.96. The standard InChI is InChI=1S/C29H32FN5O6/c1-39-25-6-5-20-14-26(25)40-18-27(36)31-16-19-12-21(30)15-22(13-19)41-24-7-11-34(17-23(24)33-29(20)38)28(37)4-2-9-35-10-3-8-32-35/h3,5-6,8,10,12-15,23-24H,2,4,7,9,11,16-18H2,1H3,(H,31,36)(H,33,38)/t23-,24+/m0/s1. The largest absolute Gasteiger partial charge is 0.493 e. The average Bonchev–Trinajstić information content (AvgIpc) is 3.48. The molecule has 2 aliphatic heterocycles. The Bertz CT molecular complexity index is 1400. The minimum absolute atomic E-state index is 0.0269. The third-order valence-electron chi connectivity index (χ3n) is 7.05. The highest BCUT2D eigenvalue weighted by molar-refractivity contribution is 5.95. The number of amides is 3. The van der Waals surface area contributed by atoms with Crippen LogP contribution in [0.3, 0.4) is 0 Å². The van der Waals surface area contributed by atoms with Crippen LogP contribution in [-0.2, 0) is 22.7 Å². The zero-order valence-electron chi connectivity index (χ0n) is 22.7. The first-order chi connectivity index (χ1) is 19.9. The van der Waals surface area contributed by atoms with Gasteiger partial charge in [-0.1, -0.05) is 0 Å². The molecule has 216 valence electrons. The molecule has 41 heavy (non-hydrogen) atoms. The molecule has 1 aromatic heterocycles. The van der Waals surface area contributed by atoms with Crippen LogP contribution in [-0.4, -0.2) is 71.4 Å². The van der Waals surface area contributed by atoms with E-state index in [0.717, 1.165) is 0 Å². The molecule has 3 amide bonds. The van der Waals surface area contributed by atoms with Gasteiger partial charge < -0.3 is 29.7 Å². The number of halogens is 1. The van der Waals surface area contributed by atoms with Crippen molar-refractivity contribution < 1.29 is 33.0 Å². The number of aromatic nitrogens is 2. The van der Waals surface area contributed by atoms with E-state index >= 15 is 0 Å². The number of carbonyl (C=O) groups excluding carboxylic acids is 3. The lowest BCUT2D eigenvalue weighted by Crippen LogP contribution is -2.58. The second kappa shape index (κ2) is 12.7. The van der Waals surface area contributed by atoms with Crippen molar-refractivity contribution in [1.29, 1.82) is 0 Å². The molecule has 5 rings (SSSR count). The van der Waals surface area contributed by atoms with Crippen molar-refractivity contribution in [2.75, 3.05) is 26.8 Å². The highest BCUT2D eigenvalue weighted by Crippen LogP contribution is 2.29. The number of ether oxygens (including phenoxy) is 3. The number of hydrogen-bond donors (Lipinski definition) is 2. The lowest BCUT2D eigenvalue weighted by atomic mass is 10.00. The molecule has 3 heterocycles. The van der Waals surface area contributed by atoms with Crippen LogP contribution in [0.15, 0.2) is 54.9 Å². The number of fused-ring (bicyclic) bond motifs is 5. The first kappa shape index (κ1) is 27.9. The molecule has 0 aliphatic carbocycles. The monoisotopic (exact) mass is 565 g/mol. The highest BCUT2D eigenvalue weighted by atomic mass is 19.1. The number of nitrogens with zero attached hydrogens (tertiary/aromatic N) is 3. The molecule has 0 saturated carbocycles. The molecule has 12 heteroatoms. The smallest absolute Gasteiger partial charge is 0.258 e. The molecule has 0 unspecified atom stereocenters. The minimum Gasteiger partial charge on any atom is -0.493 e. The normalized spacial score (nSPS) is 19.2. The van der Waals surface area contributed by atoms with Gasteiger partial charge in [0, 0.05) is 63.0 Å². The van der Waals surface area contributed by atoms with Crippen molar-refractivity contribution in [2.24, 2.45) is 0 Å². The Morgan fingerprint density at radius 2 is 2.10 bits per heavy atom. The van der Waals surface area contributed by atoms with Gasteiger partial charge in [0.15, 0.2) is 18.1 Å². The summed E-state index contributed by atoms with van der Waals surface area (Å²) in [6.07, 6.45) is 4.41. The van der Waals surface area contributed by atoms with Crippen molar-refractivity contribution in [3.63, 3.8) is 0 Å².